The molecule has 1 atom stereocenters. The molecule has 5 heterocycles. The van der Waals surface area contributed by atoms with Gasteiger partial charge in [0.2, 0.25) is 5.88 Å². The van der Waals surface area contributed by atoms with E-state index in [-0.39, 0.29) is 5.91 Å². The minimum Gasteiger partial charge on any atom is -0.480 e. The van der Waals surface area contributed by atoms with Crippen LogP contribution in [0.2, 0.25) is 0 Å². The van der Waals surface area contributed by atoms with Crippen molar-refractivity contribution in [2.24, 2.45) is 0 Å². The number of methoxy groups -OCH3 is 1. The Kier molecular flexibility index (Phi) is 7.05. The van der Waals surface area contributed by atoms with Crippen LogP contribution in [0.3, 0.4) is 0 Å². The van der Waals surface area contributed by atoms with E-state index in [1.165, 1.54) is 20.0 Å². The van der Waals surface area contributed by atoms with E-state index in [9.17, 15) is 4.79 Å². The molecule has 3 saturated heterocycles. The number of nitrogens with zero attached hydrogens (tertiary/aromatic N) is 7. The summed E-state index contributed by atoms with van der Waals surface area (Å²) in [6.45, 7) is 8.59. The molecule has 0 radical (unpaired) electrons. The molecule has 34 heavy (non-hydrogen) atoms. The zero-order chi connectivity index (χ0) is 23.3. The highest BCUT2D eigenvalue weighted by atomic mass is 16.5. The third kappa shape index (κ3) is 5.07. The number of aromatic nitrogens is 3. The second kappa shape index (κ2) is 10.5. The second-order valence-electron chi connectivity index (χ2n) is 9.01. The number of ether oxygens (including phenoxy) is 2. The molecule has 10 heteroatoms. The summed E-state index contributed by atoms with van der Waals surface area (Å²) >= 11 is 0. The van der Waals surface area contributed by atoms with Crippen molar-refractivity contribution < 1.29 is 14.3 Å². The van der Waals surface area contributed by atoms with Gasteiger partial charge in [-0.15, -0.1) is 10.2 Å². The first kappa shape index (κ1) is 22.8. The lowest BCUT2D eigenvalue weighted by Gasteiger charge is -2.37. The van der Waals surface area contributed by atoms with Crippen molar-refractivity contribution in [3.05, 3.63) is 36.0 Å². The van der Waals surface area contributed by atoms with Crippen LogP contribution >= 0.6 is 0 Å². The van der Waals surface area contributed by atoms with Crippen LogP contribution in [0.25, 0.3) is 0 Å². The lowest BCUT2D eigenvalue weighted by Crippen LogP contribution is -2.49. The SMILES string of the molecule is COc1ncccc1C(=O)N1CCN(c2ccc(N3CCN(CC4CCCO4)CC3)nn2)CC1. The highest BCUT2D eigenvalue weighted by Crippen LogP contribution is 2.21. The summed E-state index contributed by atoms with van der Waals surface area (Å²) in [6, 6.07) is 7.62. The number of piperazine rings is 2. The summed E-state index contributed by atoms with van der Waals surface area (Å²) < 4.78 is 11.0. The third-order valence-electron chi connectivity index (χ3n) is 6.90. The Labute approximate surface area is 200 Å². The maximum atomic E-state index is 12.9. The molecule has 5 rings (SSSR count). The maximum Gasteiger partial charge on any atom is 0.259 e. The Morgan fingerprint density at radius 2 is 1.68 bits per heavy atom. The first-order valence-corrected chi connectivity index (χ1v) is 12.2. The number of hydrogen-bond acceptors (Lipinski definition) is 9. The van der Waals surface area contributed by atoms with Crippen molar-refractivity contribution in [2.45, 2.75) is 18.9 Å². The van der Waals surface area contributed by atoms with Crippen LogP contribution in [0.15, 0.2) is 30.5 Å². The molecule has 3 aliphatic heterocycles. The van der Waals surface area contributed by atoms with Gasteiger partial charge >= 0.3 is 0 Å². The number of pyridine rings is 1. The average molecular weight is 468 g/mol. The molecule has 0 aliphatic carbocycles. The lowest BCUT2D eigenvalue weighted by molar-refractivity contribution is 0.0712. The van der Waals surface area contributed by atoms with Gasteiger partial charge in [0.05, 0.1) is 13.2 Å². The van der Waals surface area contributed by atoms with Gasteiger partial charge in [0.25, 0.3) is 5.91 Å². The molecule has 0 aromatic carbocycles. The van der Waals surface area contributed by atoms with E-state index in [4.69, 9.17) is 9.47 Å². The third-order valence-corrected chi connectivity index (χ3v) is 6.90. The van der Waals surface area contributed by atoms with Crippen LogP contribution in [-0.2, 0) is 4.74 Å². The normalized spacial score (nSPS) is 21.7. The molecular weight excluding hydrogens is 434 g/mol. The fourth-order valence-corrected chi connectivity index (χ4v) is 4.92. The summed E-state index contributed by atoms with van der Waals surface area (Å²) in [7, 11) is 1.53. The van der Waals surface area contributed by atoms with Crippen LogP contribution in [0.5, 0.6) is 5.88 Å². The van der Waals surface area contributed by atoms with Gasteiger partial charge in [-0.05, 0) is 37.1 Å². The minimum atomic E-state index is -0.0512. The summed E-state index contributed by atoms with van der Waals surface area (Å²) in [4.78, 5) is 25.9. The topological polar surface area (TPSA) is 87.2 Å². The van der Waals surface area contributed by atoms with Crippen molar-refractivity contribution in [3.8, 4) is 5.88 Å². The Morgan fingerprint density at radius 1 is 1.00 bits per heavy atom. The smallest absolute Gasteiger partial charge is 0.259 e. The largest absolute Gasteiger partial charge is 0.480 e. The molecule has 3 fully saturated rings. The highest BCUT2D eigenvalue weighted by molar-refractivity contribution is 5.96. The van der Waals surface area contributed by atoms with Crippen LogP contribution in [0.4, 0.5) is 11.6 Å². The van der Waals surface area contributed by atoms with Crippen molar-refractivity contribution in [3.63, 3.8) is 0 Å². The van der Waals surface area contributed by atoms with Crippen LogP contribution < -0.4 is 14.5 Å². The first-order valence-electron chi connectivity index (χ1n) is 12.2. The number of carbonyl (C=O) groups is 1. The molecule has 1 amide bonds. The molecule has 2 aromatic heterocycles. The Balaban J connectivity index is 1.11. The number of rotatable bonds is 6. The van der Waals surface area contributed by atoms with Gasteiger partial charge in [-0.25, -0.2) is 4.98 Å². The Morgan fingerprint density at radius 3 is 2.26 bits per heavy atom. The molecule has 3 aliphatic rings. The monoisotopic (exact) mass is 467 g/mol. The van der Waals surface area contributed by atoms with E-state index in [1.807, 2.05) is 11.0 Å². The van der Waals surface area contributed by atoms with E-state index in [0.29, 0.717) is 43.7 Å². The van der Waals surface area contributed by atoms with Gasteiger partial charge in [0, 0.05) is 71.7 Å². The average Bonchev–Trinajstić information content (AvgIpc) is 3.42. The van der Waals surface area contributed by atoms with E-state index in [0.717, 1.165) is 51.0 Å². The molecule has 1 unspecified atom stereocenters. The molecule has 182 valence electrons. The van der Waals surface area contributed by atoms with Gasteiger partial charge < -0.3 is 24.2 Å². The van der Waals surface area contributed by atoms with Crippen molar-refractivity contribution >= 4 is 17.5 Å². The number of anilines is 2. The van der Waals surface area contributed by atoms with Gasteiger partial charge in [0.15, 0.2) is 11.6 Å². The zero-order valence-electron chi connectivity index (χ0n) is 19.8. The van der Waals surface area contributed by atoms with Crippen LogP contribution in [0, 0.1) is 0 Å². The molecule has 0 bridgehead atoms. The fourth-order valence-electron chi connectivity index (χ4n) is 4.92. The molecule has 2 aromatic rings. The van der Waals surface area contributed by atoms with Gasteiger partial charge in [-0.3, -0.25) is 9.69 Å². The number of hydrogen-bond donors (Lipinski definition) is 0. The highest BCUT2D eigenvalue weighted by Gasteiger charge is 2.26. The van der Waals surface area contributed by atoms with Gasteiger partial charge in [-0.1, -0.05) is 0 Å². The quantitative estimate of drug-likeness (QED) is 0.621. The van der Waals surface area contributed by atoms with Crippen LogP contribution in [-0.4, -0.2) is 110 Å². The molecular formula is C24H33N7O3. The predicted molar refractivity (Wildman–Crippen MR) is 129 cm³/mol. The van der Waals surface area contributed by atoms with Crippen molar-refractivity contribution in [1.29, 1.82) is 0 Å². The molecule has 0 saturated carbocycles. The minimum absolute atomic E-state index is 0.0512. The standard InChI is InChI=1S/C24H33N7O3/c1-33-23-20(5-2-8-25-23)24(32)31-15-13-30(14-16-31)22-7-6-21(26-27-22)29-11-9-28(10-12-29)18-19-4-3-17-34-19/h2,5-8,19H,3-4,9-18H2,1H3. The maximum absolute atomic E-state index is 12.9. The zero-order valence-corrected chi connectivity index (χ0v) is 19.8. The van der Waals surface area contributed by atoms with Gasteiger partial charge in [0.1, 0.15) is 5.56 Å². The van der Waals surface area contributed by atoms with E-state index < -0.39 is 0 Å². The fraction of sp³-hybridized carbons (Fsp3) is 0.583. The van der Waals surface area contributed by atoms with Crippen molar-refractivity contribution in [1.82, 2.24) is 25.0 Å². The van der Waals surface area contributed by atoms with E-state index >= 15 is 0 Å². The summed E-state index contributed by atoms with van der Waals surface area (Å²) in [5.74, 6) is 2.10. The number of amides is 1. The van der Waals surface area contributed by atoms with E-state index in [1.54, 1.807) is 18.3 Å². The molecule has 0 N–H and O–H groups in total. The van der Waals surface area contributed by atoms with Gasteiger partial charge in [-0.2, -0.15) is 0 Å². The lowest BCUT2D eigenvalue weighted by atomic mass is 10.2. The predicted octanol–water partition coefficient (Wildman–Crippen LogP) is 1.14. The first-order chi connectivity index (χ1) is 16.7. The molecule has 0 spiro atoms. The van der Waals surface area contributed by atoms with Crippen LogP contribution in [0.1, 0.15) is 23.2 Å². The van der Waals surface area contributed by atoms with E-state index in [2.05, 4.69) is 35.9 Å². The summed E-state index contributed by atoms with van der Waals surface area (Å²) in [5, 5.41) is 9.02. The van der Waals surface area contributed by atoms with Crippen molar-refractivity contribution in [2.75, 3.05) is 82.4 Å². The number of carbonyl (C=O) groups excluding carboxylic acids is 1. The Hall–Kier alpha value is -2.98. The Bertz CT molecular complexity index is 951. The second-order valence-corrected chi connectivity index (χ2v) is 9.01. The summed E-state index contributed by atoms with van der Waals surface area (Å²) in [6.07, 6.45) is 4.42. The molecule has 10 nitrogen and oxygen atoms in total. The summed E-state index contributed by atoms with van der Waals surface area (Å²) in [5.41, 5.74) is 0.499.